The van der Waals surface area contributed by atoms with Crippen LogP contribution in [0.3, 0.4) is 0 Å². The summed E-state index contributed by atoms with van der Waals surface area (Å²) >= 11 is 7.32. The van der Waals surface area contributed by atoms with Gasteiger partial charge in [-0.05, 0) is 35.9 Å². The number of likely N-dealkylation sites (tertiary alicyclic amines) is 1. The number of aromatic nitrogens is 2. The van der Waals surface area contributed by atoms with Gasteiger partial charge in [0.25, 0.3) is 5.91 Å². The van der Waals surface area contributed by atoms with Gasteiger partial charge in [0.15, 0.2) is 5.82 Å². The number of nitrogens with zero attached hydrogens (tertiary/aromatic N) is 3. The van der Waals surface area contributed by atoms with Gasteiger partial charge in [-0.15, -0.1) is 11.3 Å². The lowest BCUT2D eigenvalue weighted by molar-refractivity contribution is 0.0652. The van der Waals surface area contributed by atoms with Crippen LogP contribution in [0.1, 0.15) is 33.6 Å². The molecule has 2 N–H and O–H groups in total. The molecule has 5 rings (SSSR count). The molecule has 1 amide bonds. The predicted octanol–water partition coefficient (Wildman–Crippen LogP) is 3.88. The monoisotopic (exact) mass is 440 g/mol. The first-order valence-electron chi connectivity index (χ1n) is 9.91. The minimum absolute atomic E-state index is 0.0308. The number of halogens is 1. The number of piperidine rings is 1. The van der Waals surface area contributed by atoms with Gasteiger partial charge < -0.3 is 15.4 Å². The van der Waals surface area contributed by atoms with Crippen LogP contribution in [0.25, 0.3) is 11.4 Å². The van der Waals surface area contributed by atoms with Gasteiger partial charge >= 0.3 is 0 Å². The van der Waals surface area contributed by atoms with Crippen molar-refractivity contribution < 1.29 is 9.53 Å². The summed E-state index contributed by atoms with van der Waals surface area (Å²) < 4.78 is 5.98. The van der Waals surface area contributed by atoms with Crippen LogP contribution in [-0.4, -0.2) is 40.5 Å². The normalized spacial score (nSPS) is 17.1. The Morgan fingerprint density at radius 3 is 2.73 bits per heavy atom. The zero-order valence-electron chi connectivity index (χ0n) is 16.3. The summed E-state index contributed by atoms with van der Waals surface area (Å²) in [5.74, 6) is 1.50. The second-order valence-corrected chi connectivity index (χ2v) is 9.14. The molecule has 0 unspecified atom stereocenters. The van der Waals surface area contributed by atoms with E-state index < -0.39 is 0 Å². The fourth-order valence-electron chi connectivity index (χ4n) is 4.34. The molecule has 2 aliphatic rings. The van der Waals surface area contributed by atoms with E-state index in [2.05, 4.69) is 16.0 Å². The van der Waals surface area contributed by atoms with Crippen molar-refractivity contribution in [3.8, 4) is 17.1 Å². The van der Waals surface area contributed by atoms with Crippen LogP contribution >= 0.6 is 22.9 Å². The second-order valence-electron chi connectivity index (χ2n) is 7.78. The van der Waals surface area contributed by atoms with Gasteiger partial charge in [0.1, 0.15) is 10.6 Å². The third-order valence-corrected chi connectivity index (χ3v) is 7.18. The number of hydrogen-bond acceptors (Lipinski definition) is 6. The Balaban J connectivity index is 1.35. The van der Waals surface area contributed by atoms with E-state index in [4.69, 9.17) is 22.1 Å². The quantitative estimate of drug-likeness (QED) is 0.668. The Hall–Kier alpha value is -2.48. The Kier molecular flexibility index (Phi) is 4.97. The number of thiophene rings is 1. The van der Waals surface area contributed by atoms with Gasteiger partial charge in [-0.2, -0.15) is 0 Å². The molecule has 0 atom stereocenters. The lowest BCUT2D eigenvalue weighted by atomic mass is 9.74. The lowest BCUT2D eigenvalue weighted by Crippen LogP contribution is -2.46. The van der Waals surface area contributed by atoms with Crippen molar-refractivity contribution in [2.24, 2.45) is 5.73 Å². The van der Waals surface area contributed by atoms with Gasteiger partial charge in [-0.25, -0.2) is 9.97 Å². The topological polar surface area (TPSA) is 81.3 Å². The molecule has 0 bridgehead atoms. The zero-order valence-corrected chi connectivity index (χ0v) is 17.9. The average molecular weight is 441 g/mol. The summed E-state index contributed by atoms with van der Waals surface area (Å²) in [6.07, 6.45) is 4.84. The van der Waals surface area contributed by atoms with Crippen molar-refractivity contribution in [2.45, 2.75) is 24.8 Å². The van der Waals surface area contributed by atoms with Crippen molar-refractivity contribution in [2.75, 3.05) is 19.7 Å². The first-order valence-corrected chi connectivity index (χ1v) is 11.2. The maximum Gasteiger partial charge on any atom is 0.264 e. The molecule has 30 heavy (non-hydrogen) atoms. The Morgan fingerprint density at radius 1 is 1.23 bits per heavy atom. The summed E-state index contributed by atoms with van der Waals surface area (Å²) in [5, 5.41) is 2.38. The second kappa shape index (κ2) is 7.65. The molecule has 6 nitrogen and oxygen atoms in total. The third kappa shape index (κ3) is 3.27. The van der Waals surface area contributed by atoms with E-state index in [0.29, 0.717) is 42.0 Å². The Bertz CT molecular complexity index is 1090. The molecule has 0 radical (unpaired) electrons. The van der Waals surface area contributed by atoms with Crippen LogP contribution in [0, 0.1) is 0 Å². The van der Waals surface area contributed by atoms with E-state index in [-0.39, 0.29) is 11.3 Å². The number of ether oxygens (including phenoxy) is 1. The molecule has 3 aromatic rings. The van der Waals surface area contributed by atoms with E-state index in [0.717, 1.165) is 29.7 Å². The van der Waals surface area contributed by atoms with Crippen LogP contribution in [0.15, 0.2) is 42.0 Å². The molecule has 1 fully saturated rings. The lowest BCUT2D eigenvalue weighted by Gasteiger charge is -2.38. The maximum atomic E-state index is 13.3. The Labute approximate surface area is 183 Å². The summed E-state index contributed by atoms with van der Waals surface area (Å²) in [7, 11) is 0. The number of carbonyl (C=O) groups is 1. The molecule has 8 heteroatoms. The van der Waals surface area contributed by atoms with E-state index >= 15 is 0 Å². The molecule has 0 aliphatic carbocycles. The molecule has 2 aromatic heterocycles. The summed E-state index contributed by atoms with van der Waals surface area (Å²) in [6.45, 7) is 2.56. The van der Waals surface area contributed by atoms with Gasteiger partial charge in [-0.1, -0.05) is 23.7 Å². The number of carbonyl (C=O) groups excluding carboxylic acids is 1. The molecule has 154 valence electrons. The smallest absolute Gasteiger partial charge is 0.264 e. The molecule has 4 heterocycles. The third-order valence-electron chi connectivity index (χ3n) is 6.08. The molecular weight excluding hydrogens is 420 g/mol. The van der Waals surface area contributed by atoms with Gasteiger partial charge in [0, 0.05) is 48.6 Å². The van der Waals surface area contributed by atoms with Crippen LogP contribution in [0.4, 0.5) is 0 Å². The van der Waals surface area contributed by atoms with Gasteiger partial charge in [0.2, 0.25) is 0 Å². The summed E-state index contributed by atoms with van der Waals surface area (Å²) in [5.41, 5.74) is 8.91. The fourth-order valence-corrected chi connectivity index (χ4v) is 5.29. The summed E-state index contributed by atoms with van der Waals surface area (Å²) in [4.78, 5) is 24.4. The minimum atomic E-state index is -0.0329. The van der Waals surface area contributed by atoms with E-state index in [1.165, 1.54) is 16.9 Å². The van der Waals surface area contributed by atoms with Gasteiger partial charge in [0.05, 0.1) is 11.6 Å². The van der Waals surface area contributed by atoms with Crippen LogP contribution in [0.2, 0.25) is 5.02 Å². The highest BCUT2D eigenvalue weighted by Gasteiger charge is 2.44. The van der Waals surface area contributed by atoms with Gasteiger partial charge in [-0.3, -0.25) is 4.79 Å². The van der Waals surface area contributed by atoms with E-state index in [1.54, 1.807) is 12.4 Å². The van der Waals surface area contributed by atoms with Crippen molar-refractivity contribution in [3.63, 3.8) is 0 Å². The standard InChI is InChI=1S/C22H21ClN4O2S/c23-15-11-25-20(26-12-15)16-3-8-30-19(16)21(28)27-6-4-22(5-7-27)13-29-18-2-1-14(10-24)9-17(18)22/h1-3,8-9,11-12H,4-7,10,13,24H2. The molecule has 1 spiro atoms. The average Bonchev–Trinajstić information content (AvgIpc) is 3.40. The summed E-state index contributed by atoms with van der Waals surface area (Å²) in [6, 6.07) is 8.11. The number of fused-ring (bicyclic) bond motifs is 2. The van der Waals surface area contributed by atoms with Crippen molar-refractivity contribution >= 4 is 28.8 Å². The highest BCUT2D eigenvalue weighted by molar-refractivity contribution is 7.12. The number of hydrogen-bond donors (Lipinski definition) is 1. The fraction of sp³-hybridized carbons (Fsp3) is 0.318. The molecule has 0 saturated carbocycles. The minimum Gasteiger partial charge on any atom is -0.492 e. The Morgan fingerprint density at radius 2 is 2.00 bits per heavy atom. The van der Waals surface area contributed by atoms with E-state index in [9.17, 15) is 4.79 Å². The number of rotatable bonds is 3. The van der Waals surface area contributed by atoms with Crippen LogP contribution < -0.4 is 10.5 Å². The molecule has 1 saturated heterocycles. The van der Waals surface area contributed by atoms with Crippen molar-refractivity contribution in [3.05, 3.63) is 63.1 Å². The van der Waals surface area contributed by atoms with Crippen LogP contribution in [0.5, 0.6) is 5.75 Å². The molecular formula is C22H21ClN4O2S. The number of amides is 1. The van der Waals surface area contributed by atoms with Crippen LogP contribution in [-0.2, 0) is 12.0 Å². The number of nitrogens with two attached hydrogens (primary N) is 1. The zero-order chi connectivity index (χ0) is 20.7. The van der Waals surface area contributed by atoms with Crippen molar-refractivity contribution in [1.29, 1.82) is 0 Å². The molecule has 2 aliphatic heterocycles. The molecule has 1 aromatic carbocycles. The highest BCUT2D eigenvalue weighted by atomic mass is 35.5. The predicted molar refractivity (Wildman–Crippen MR) is 117 cm³/mol. The van der Waals surface area contributed by atoms with E-state index in [1.807, 2.05) is 28.5 Å². The SMILES string of the molecule is NCc1ccc2c(c1)C1(CCN(C(=O)c3sccc3-c3ncc(Cl)cn3)CC1)CO2. The number of benzene rings is 1. The largest absolute Gasteiger partial charge is 0.492 e. The first kappa shape index (κ1) is 19.5. The highest BCUT2D eigenvalue weighted by Crippen LogP contribution is 2.46. The van der Waals surface area contributed by atoms with Crippen molar-refractivity contribution in [1.82, 2.24) is 14.9 Å². The first-order chi connectivity index (χ1) is 14.6. The maximum absolute atomic E-state index is 13.3.